The third kappa shape index (κ3) is 3.42. The van der Waals surface area contributed by atoms with Crippen LogP contribution in [0.5, 0.6) is 11.5 Å². The highest BCUT2D eigenvalue weighted by Gasteiger charge is 2.36. The van der Waals surface area contributed by atoms with Crippen LogP contribution in [0.3, 0.4) is 0 Å². The van der Waals surface area contributed by atoms with Crippen molar-refractivity contribution >= 4 is 12.1 Å². The lowest BCUT2D eigenvalue weighted by Gasteiger charge is -2.08. The van der Waals surface area contributed by atoms with Gasteiger partial charge >= 0.3 is 0 Å². The van der Waals surface area contributed by atoms with Gasteiger partial charge in [-0.3, -0.25) is 4.79 Å². The molecule has 6 heteroatoms. The van der Waals surface area contributed by atoms with Crippen LogP contribution in [-0.2, 0) is 0 Å². The lowest BCUT2D eigenvalue weighted by atomic mass is 10.2. The third-order valence-corrected chi connectivity index (χ3v) is 4.13. The van der Waals surface area contributed by atoms with Crippen LogP contribution in [0.4, 0.5) is 0 Å². The summed E-state index contributed by atoms with van der Waals surface area (Å²) in [5, 5.41) is 3.94. The Morgan fingerprint density at radius 1 is 1.25 bits per heavy atom. The van der Waals surface area contributed by atoms with Crippen LogP contribution >= 0.6 is 0 Å². The zero-order chi connectivity index (χ0) is 17.1. The van der Waals surface area contributed by atoms with Crippen LogP contribution in [0.25, 0.3) is 0 Å². The Labute approximate surface area is 140 Å². The molecule has 1 heterocycles. The average Bonchev–Trinajstić information content (AvgIpc) is 3.15. The Hall–Kier alpha value is -2.76. The van der Waals surface area contributed by atoms with E-state index in [0.717, 1.165) is 5.76 Å². The Morgan fingerprint density at radius 2 is 2.00 bits per heavy atom. The Balaban J connectivity index is 1.61. The van der Waals surface area contributed by atoms with Crippen LogP contribution in [0, 0.1) is 5.92 Å². The molecule has 2 atom stereocenters. The first-order chi connectivity index (χ1) is 11.6. The smallest absolute Gasteiger partial charge is 0.271 e. The van der Waals surface area contributed by atoms with Crippen LogP contribution in [-0.4, -0.2) is 26.3 Å². The van der Waals surface area contributed by atoms with E-state index in [-0.39, 0.29) is 5.91 Å². The Kier molecular flexibility index (Phi) is 4.55. The molecule has 24 heavy (non-hydrogen) atoms. The van der Waals surface area contributed by atoms with E-state index < -0.39 is 0 Å². The summed E-state index contributed by atoms with van der Waals surface area (Å²) in [6.07, 6.45) is 2.66. The number of carbonyl (C=O) groups is 1. The average molecular weight is 328 g/mol. The van der Waals surface area contributed by atoms with E-state index in [0.29, 0.717) is 34.7 Å². The van der Waals surface area contributed by atoms with E-state index in [1.807, 2.05) is 12.1 Å². The summed E-state index contributed by atoms with van der Waals surface area (Å²) in [7, 11) is 3.06. The quantitative estimate of drug-likeness (QED) is 0.653. The fourth-order valence-electron chi connectivity index (χ4n) is 2.55. The van der Waals surface area contributed by atoms with Gasteiger partial charge in [-0.1, -0.05) is 6.92 Å². The predicted molar refractivity (Wildman–Crippen MR) is 89.8 cm³/mol. The number of methoxy groups -OCH3 is 2. The van der Waals surface area contributed by atoms with Crippen molar-refractivity contribution in [2.45, 2.75) is 19.3 Å². The predicted octanol–water partition coefficient (Wildman–Crippen LogP) is 3.18. The molecule has 1 fully saturated rings. The van der Waals surface area contributed by atoms with E-state index in [9.17, 15) is 4.79 Å². The van der Waals surface area contributed by atoms with E-state index in [1.54, 1.807) is 25.3 Å². The molecule has 0 radical (unpaired) electrons. The second-order valence-electron chi connectivity index (χ2n) is 5.83. The van der Waals surface area contributed by atoms with Crippen LogP contribution in [0.15, 0.2) is 39.9 Å². The summed E-state index contributed by atoms with van der Waals surface area (Å²) >= 11 is 0. The first-order valence-electron chi connectivity index (χ1n) is 7.77. The monoisotopic (exact) mass is 328 g/mol. The van der Waals surface area contributed by atoms with Gasteiger partial charge in [0.05, 0.1) is 20.4 Å². The molecule has 1 amide bonds. The topological polar surface area (TPSA) is 73.1 Å². The normalized spacial score (nSPS) is 19.3. The van der Waals surface area contributed by atoms with Gasteiger partial charge in [-0.15, -0.1) is 0 Å². The van der Waals surface area contributed by atoms with E-state index in [2.05, 4.69) is 17.5 Å². The highest BCUT2D eigenvalue weighted by Crippen LogP contribution is 2.47. The second kappa shape index (κ2) is 6.78. The maximum absolute atomic E-state index is 12.1. The molecule has 1 aromatic carbocycles. The Bertz CT molecular complexity index is 766. The lowest BCUT2D eigenvalue weighted by Crippen LogP contribution is -2.17. The molecule has 1 saturated carbocycles. The summed E-state index contributed by atoms with van der Waals surface area (Å²) < 4.78 is 16.0. The fourth-order valence-corrected chi connectivity index (χ4v) is 2.55. The molecule has 0 saturated heterocycles. The Morgan fingerprint density at radius 3 is 2.67 bits per heavy atom. The van der Waals surface area contributed by atoms with Crippen LogP contribution in [0.1, 0.15) is 41.1 Å². The van der Waals surface area contributed by atoms with Gasteiger partial charge in [-0.2, -0.15) is 5.10 Å². The number of ether oxygens (including phenoxy) is 2. The number of hydrogen-bond donors (Lipinski definition) is 1. The van der Waals surface area contributed by atoms with Crippen molar-refractivity contribution in [3.63, 3.8) is 0 Å². The molecule has 1 aromatic heterocycles. The molecule has 0 bridgehead atoms. The summed E-state index contributed by atoms with van der Waals surface area (Å²) in [4.78, 5) is 12.1. The minimum absolute atomic E-state index is 0.338. The first kappa shape index (κ1) is 16.1. The van der Waals surface area contributed by atoms with Gasteiger partial charge < -0.3 is 13.9 Å². The number of nitrogens with zero attached hydrogens (tertiary/aromatic N) is 1. The van der Waals surface area contributed by atoms with Gasteiger partial charge in [0, 0.05) is 11.5 Å². The number of amides is 1. The summed E-state index contributed by atoms with van der Waals surface area (Å²) in [5.74, 6) is 3.53. The highest BCUT2D eigenvalue weighted by molar-refractivity contribution is 5.95. The molecule has 3 rings (SSSR count). The highest BCUT2D eigenvalue weighted by atomic mass is 16.5. The fraction of sp³-hybridized carbons (Fsp3) is 0.333. The molecular weight excluding hydrogens is 308 g/mol. The van der Waals surface area contributed by atoms with Gasteiger partial charge in [-0.25, -0.2) is 5.43 Å². The molecule has 0 spiro atoms. The number of benzene rings is 1. The number of rotatable bonds is 6. The van der Waals surface area contributed by atoms with Gasteiger partial charge in [0.25, 0.3) is 5.91 Å². The maximum Gasteiger partial charge on any atom is 0.271 e. The maximum atomic E-state index is 12.1. The van der Waals surface area contributed by atoms with Crippen molar-refractivity contribution in [3.8, 4) is 11.5 Å². The molecule has 2 aromatic rings. The number of carbonyl (C=O) groups excluding carboxylic acids is 1. The van der Waals surface area contributed by atoms with Gasteiger partial charge in [-0.05, 0) is 42.7 Å². The van der Waals surface area contributed by atoms with Gasteiger partial charge in [0.15, 0.2) is 11.5 Å². The number of hydrogen-bond acceptors (Lipinski definition) is 5. The van der Waals surface area contributed by atoms with E-state index in [1.165, 1.54) is 19.7 Å². The SMILES string of the molecule is COc1ccc(C(=O)N/N=C\c2ccc([C@@H]3C[C@H]3C)o2)cc1OC. The van der Waals surface area contributed by atoms with Gasteiger partial charge in [0.1, 0.15) is 11.5 Å². The number of nitrogens with one attached hydrogen (secondary N) is 1. The number of furan rings is 1. The molecule has 126 valence electrons. The van der Waals surface area contributed by atoms with Crippen LogP contribution in [0.2, 0.25) is 0 Å². The van der Waals surface area contributed by atoms with Gasteiger partial charge in [0.2, 0.25) is 0 Å². The summed E-state index contributed by atoms with van der Waals surface area (Å²) in [6.45, 7) is 2.20. The molecule has 0 aliphatic heterocycles. The summed E-state index contributed by atoms with van der Waals surface area (Å²) in [5.41, 5.74) is 2.90. The third-order valence-electron chi connectivity index (χ3n) is 4.13. The zero-order valence-electron chi connectivity index (χ0n) is 13.9. The van der Waals surface area contributed by atoms with Crippen molar-refractivity contribution < 1.29 is 18.7 Å². The minimum Gasteiger partial charge on any atom is -0.493 e. The minimum atomic E-state index is -0.338. The molecule has 1 N–H and O–H groups in total. The zero-order valence-corrected chi connectivity index (χ0v) is 13.9. The molecule has 1 aliphatic rings. The molecular formula is C18H20N2O4. The lowest BCUT2D eigenvalue weighted by molar-refractivity contribution is 0.0954. The largest absolute Gasteiger partial charge is 0.493 e. The van der Waals surface area contributed by atoms with E-state index >= 15 is 0 Å². The van der Waals surface area contributed by atoms with Crippen molar-refractivity contribution in [1.82, 2.24) is 5.43 Å². The van der Waals surface area contributed by atoms with E-state index in [4.69, 9.17) is 13.9 Å². The standard InChI is InChI=1S/C18H20N2O4/c1-11-8-14(11)15-7-5-13(24-15)10-19-20-18(21)12-4-6-16(22-2)17(9-12)23-3/h4-7,9-11,14H,8H2,1-3H3,(H,20,21)/b19-10-/t11-,14-/m1/s1. The van der Waals surface area contributed by atoms with Crippen molar-refractivity contribution in [2.75, 3.05) is 14.2 Å². The second-order valence-corrected chi connectivity index (χ2v) is 5.83. The van der Waals surface area contributed by atoms with Crippen molar-refractivity contribution in [2.24, 2.45) is 11.0 Å². The molecule has 1 aliphatic carbocycles. The molecule has 0 unspecified atom stereocenters. The molecule has 6 nitrogen and oxygen atoms in total. The van der Waals surface area contributed by atoms with Crippen molar-refractivity contribution in [1.29, 1.82) is 0 Å². The summed E-state index contributed by atoms with van der Waals surface area (Å²) in [6, 6.07) is 8.74. The van der Waals surface area contributed by atoms with Crippen LogP contribution < -0.4 is 14.9 Å². The first-order valence-corrected chi connectivity index (χ1v) is 7.77. The van der Waals surface area contributed by atoms with Crippen molar-refractivity contribution in [3.05, 3.63) is 47.4 Å². The number of hydrazone groups is 1.